The molecule has 0 radical (unpaired) electrons. The molecule has 0 aliphatic carbocycles. The molecule has 0 saturated heterocycles. The van der Waals surface area contributed by atoms with Crippen molar-refractivity contribution in [1.29, 1.82) is 0 Å². The molecule has 1 heterocycles. The molecule has 0 aliphatic heterocycles. The van der Waals surface area contributed by atoms with Gasteiger partial charge in [-0.1, -0.05) is 30.3 Å². The van der Waals surface area contributed by atoms with Crippen LogP contribution in [0.2, 0.25) is 0 Å². The first-order valence-electron chi connectivity index (χ1n) is 5.70. The zero-order valence-corrected chi connectivity index (χ0v) is 13.5. The maximum Gasteiger partial charge on any atom is 0.197 e. The monoisotopic (exact) mass is 318 g/mol. The fraction of sp³-hybridized carbons (Fsp3) is 0. The largest absolute Gasteiger partial charge is 0.508 e. The van der Waals surface area contributed by atoms with E-state index in [9.17, 15) is 15.0 Å². The van der Waals surface area contributed by atoms with Gasteiger partial charge in [0.1, 0.15) is 28.2 Å². The zero-order valence-electron chi connectivity index (χ0n) is 10.5. The van der Waals surface area contributed by atoms with Gasteiger partial charge in [0.25, 0.3) is 0 Å². The molecule has 0 fully saturated rings. The Morgan fingerprint density at radius 3 is 2.35 bits per heavy atom. The summed E-state index contributed by atoms with van der Waals surface area (Å²) in [7, 11) is 0. The molecule has 20 heavy (non-hydrogen) atoms. The van der Waals surface area contributed by atoms with Crippen molar-refractivity contribution >= 4 is 11.0 Å². The second-order valence-corrected chi connectivity index (χ2v) is 4.18. The molecule has 0 amide bonds. The number of hydrogen-bond donors (Lipinski definition) is 2. The van der Waals surface area contributed by atoms with E-state index >= 15 is 0 Å². The van der Waals surface area contributed by atoms with Gasteiger partial charge in [0.05, 0.1) is 0 Å². The molecule has 0 atom stereocenters. The van der Waals surface area contributed by atoms with Gasteiger partial charge in [-0.3, -0.25) is 4.79 Å². The molecule has 3 aromatic rings. The molecule has 2 N–H and O–H groups in total. The van der Waals surface area contributed by atoms with E-state index in [0.29, 0.717) is 5.76 Å². The minimum absolute atomic E-state index is 0. The maximum atomic E-state index is 12.0. The van der Waals surface area contributed by atoms with Crippen LogP contribution in [0.15, 0.2) is 57.7 Å². The fourth-order valence-corrected chi connectivity index (χ4v) is 2.00. The minimum Gasteiger partial charge on any atom is -0.508 e. The van der Waals surface area contributed by atoms with Crippen LogP contribution in [-0.2, 0) is 19.5 Å². The van der Waals surface area contributed by atoms with Crippen LogP contribution in [0, 0.1) is 0 Å². The molecule has 0 spiro atoms. The van der Waals surface area contributed by atoms with Crippen LogP contribution in [0.1, 0.15) is 0 Å². The van der Waals surface area contributed by atoms with Crippen molar-refractivity contribution in [2.45, 2.75) is 0 Å². The van der Waals surface area contributed by atoms with Gasteiger partial charge in [-0.25, -0.2) is 0 Å². The Morgan fingerprint density at radius 2 is 1.65 bits per heavy atom. The number of fused-ring (bicyclic) bond motifs is 1. The van der Waals surface area contributed by atoms with E-state index in [2.05, 4.69) is 0 Å². The van der Waals surface area contributed by atoms with Gasteiger partial charge < -0.3 is 14.6 Å². The SMILES string of the molecule is O=c1cc(-c2ccccc2)oc2cc(O)cc(O)c12.[Zn]. The zero-order chi connectivity index (χ0) is 13.4. The number of rotatable bonds is 1. The molecule has 4 nitrogen and oxygen atoms in total. The molecule has 0 bridgehead atoms. The van der Waals surface area contributed by atoms with Crippen molar-refractivity contribution in [3.05, 3.63) is 58.8 Å². The summed E-state index contributed by atoms with van der Waals surface area (Å²) < 4.78 is 5.57. The van der Waals surface area contributed by atoms with Gasteiger partial charge in [0.2, 0.25) is 0 Å². The quantitative estimate of drug-likeness (QED) is 0.677. The van der Waals surface area contributed by atoms with Crippen LogP contribution in [0.3, 0.4) is 0 Å². The molecule has 3 rings (SSSR count). The Balaban J connectivity index is 0.00000147. The van der Waals surface area contributed by atoms with E-state index in [1.807, 2.05) is 30.3 Å². The minimum atomic E-state index is -0.349. The molecule has 1 aromatic heterocycles. The van der Waals surface area contributed by atoms with Crippen molar-refractivity contribution in [2.75, 3.05) is 0 Å². The van der Waals surface area contributed by atoms with Crippen LogP contribution in [0.4, 0.5) is 0 Å². The Labute approximate surface area is 127 Å². The summed E-state index contributed by atoms with van der Waals surface area (Å²) in [6.45, 7) is 0. The summed E-state index contributed by atoms with van der Waals surface area (Å²) in [6.07, 6.45) is 0. The normalized spacial score (nSPS) is 10.2. The van der Waals surface area contributed by atoms with Gasteiger partial charge in [-0.05, 0) is 0 Å². The summed E-state index contributed by atoms with van der Waals surface area (Å²) in [6, 6.07) is 12.9. The molecule has 96 valence electrons. The third-order valence-electron chi connectivity index (χ3n) is 2.85. The molecule has 0 aliphatic rings. The second-order valence-electron chi connectivity index (χ2n) is 4.18. The number of phenols is 2. The molecule has 2 aromatic carbocycles. The first-order valence-corrected chi connectivity index (χ1v) is 5.70. The number of phenolic OH excluding ortho intramolecular Hbond substituents is 2. The fourth-order valence-electron chi connectivity index (χ4n) is 2.00. The molecule has 0 saturated carbocycles. The van der Waals surface area contributed by atoms with Crippen LogP contribution in [-0.4, -0.2) is 10.2 Å². The van der Waals surface area contributed by atoms with Crippen molar-refractivity contribution in [3.63, 3.8) is 0 Å². The van der Waals surface area contributed by atoms with Crippen LogP contribution >= 0.6 is 0 Å². The van der Waals surface area contributed by atoms with Crippen LogP contribution in [0.25, 0.3) is 22.3 Å². The average molecular weight is 320 g/mol. The Kier molecular flexibility index (Phi) is 3.91. The van der Waals surface area contributed by atoms with Gasteiger partial charge in [0.15, 0.2) is 5.43 Å². The van der Waals surface area contributed by atoms with Crippen molar-refractivity contribution in [3.8, 4) is 22.8 Å². The predicted octanol–water partition coefficient (Wildman–Crippen LogP) is 2.87. The average Bonchev–Trinajstić information content (AvgIpc) is 2.38. The summed E-state index contributed by atoms with van der Waals surface area (Å²) in [5, 5.41) is 19.2. The molecule has 0 unspecified atom stereocenters. The first kappa shape index (κ1) is 14.3. The van der Waals surface area contributed by atoms with E-state index in [4.69, 9.17) is 4.42 Å². The maximum absolute atomic E-state index is 12.0. The Hall–Kier alpha value is -2.13. The Bertz CT molecular complexity index is 809. The third-order valence-corrected chi connectivity index (χ3v) is 2.85. The number of aromatic hydroxyl groups is 2. The van der Waals surface area contributed by atoms with E-state index in [0.717, 1.165) is 11.6 Å². The topological polar surface area (TPSA) is 70.7 Å². The van der Waals surface area contributed by atoms with Crippen molar-refractivity contribution in [1.82, 2.24) is 0 Å². The smallest absolute Gasteiger partial charge is 0.197 e. The van der Waals surface area contributed by atoms with Gasteiger partial charge in [0, 0.05) is 43.2 Å². The summed E-state index contributed by atoms with van der Waals surface area (Å²) in [4.78, 5) is 12.0. The van der Waals surface area contributed by atoms with E-state index < -0.39 is 0 Å². The van der Waals surface area contributed by atoms with Gasteiger partial charge in [-0.2, -0.15) is 0 Å². The van der Waals surface area contributed by atoms with Crippen molar-refractivity contribution < 1.29 is 34.1 Å². The van der Waals surface area contributed by atoms with E-state index in [1.54, 1.807) is 0 Å². The molecular weight excluding hydrogens is 310 g/mol. The predicted molar refractivity (Wildman–Crippen MR) is 71.2 cm³/mol. The van der Waals surface area contributed by atoms with Crippen LogP contribution in [0.5, 0.6) is 11.5 Å². The molecular formula is C15H10O4Zn. The van der Waals surface area contributed by atoms with Crippen LogP contribution < -0.4 is 5.43 Å². The summed E-state index contributed by atoms with van der Waals surface area (Å²) in [5.74, 6) is -0.0511. The Morgan fingerprint density at radius 1 is 0.950 bits per heavy atom. The number of hydrogen-bond acceptors (Lipinski definition) is 4. The summed E-state index contributed by atoms with van der Waals surface area (Å²) in [5.41, 5.74) is 0.561. The second kappa shape index (κ2) is 5.47. The number of benzene rings is 2. The molecule has 5 heteroatoms. The third kappa shape index (κ3) is 2.45. The summed E-state index contributed by atoms with van der Waals surface area (Å²) >= 11 is 0. The van der Waals surface area contributed by atoms with Gasteiger partial charge >= 0.3 is 0 Å². The van der Waals surface area contributed by atoms with E-state index in [-0.39, 0.29) is 47.4 Å². The first-order chi connectivity index (χ1) is 9.15. The van der Waals surface area contributed by atoms with E-state index in [1.165, 1.54) is 12.1 Å². The standard InChI is InChI=1S/C15H10O4.Zn/c16-10-6-11(17)15-12(18)8-13(19-14(15)7-10)9-4-2-1-3-5-9;/h1-8,16-17H;. The van der Waals surface area contributed by atoms with Gasteiger partial charge in [-0.15, -0.1) is 0 Å². The van der Waals surface area contributed by atoms with Crippen molar-refractivity contribution in [2.24, 2.45) is 0 Å².